The van der Waals surface area contributed by atoms with Gasteiger partial charge in [0.2, 0.25) is 5.91 Å². The largest absolute Gasteiger partial charge is 0.356 e. The number of halogens is 3. The van der Waals surface area contributed by atoms with Crippen LogP contribution < -0.4 is 10.6 Å². The van der Waals surface area contributed by atoms with Crippen LogP contribution in [-0.2, 0) is 11.3 Å². The van der Waals surface area contributed by atoms with Crippen LogP contribution in [0.25, 0.3) is 0 Å². The van der Waals surface area contributed by atoms with E-state index in [9.17, 15) is 18.0 Å². The topological polar surface area (TPSA) is 41.1 Å². The minimum Gasteiger partial charge on any atom is -0.356 e. The van der Waals surface area contributed by atoms with Crippen molar-refractivity contribution in [3.63, 3.8) is 0 Å². The molecule has 0 aliphatic rings. The predicted molar refractivity (Wildman–Crippen MR) is 65.9 cm³/mol. The van der Waals surface area contributed by atoms with Gasteiger partial charge in [-0.3, -0.25) is 4.79 Å². The van der Waals surface area contributed by atoms with Crippen LogP contribution >= 0.6 is 0 Å². The molecule has 1 aromatic carbocycles. The predicted octanol–water partition coefficient (Wildman–Crippen LogP) is 2.11. The van der Waals surface area contributed by atoms with Gasteiger partial charge in [-0.05, 0) is 24.1 Å². The lowest BCUT2D eigenvalue weighted by Gasteiger charge is -2.06. The second-order valence-corrected chi connectivity index (χ2v) is 4.15. The number of hydrogen-bond acceptors (Lipinski definition) is 2. The molecule has 0 saturated heterocycles. The van der Waals surface area contributed by atoms with Crippen molar-refractivity contribution in [3.8, 4) is 0 Å². The molecule has 1 aromatic rings. The van der Waals surface area contributed by atoms with E-state index in [1.807, 2.05) is 6.92 Å². The standard InChI is InChI=1S/C13H17F3N2O/c1-2-4-18-12(19)3-5-17-8-9-6-10(14)13(16)11(15)7-9/h6-7,17H,2-5,8H2,1H3,(H,18,19). The Morgan fingerprint density at radius 1 is 1.16 bits per heavy atom. The van der Waals surface area contributed by atoms with Gasteiger partial charge < -0.3 is 10.6 Å². The zero-order valence-electron chi connectivity index (χ0n) is 10.7. The first kappa shape index (κ1) is 15.5. The third-order valence-electron chi connectivity index (χ3n) is 2.47. The summed E-state index contributed by atoms with van der Waals surface area (Å²) in [5, 5.41) is 5.57. The molecule has 2 N–H and O–H groups in total. The number of nitrogens with one attached hydrogen (secondary N) is 2. The average Bonchev–Trinajstić information content (AvgIpc) is 2.38. The average molecular weight is 274 g/mol. The summed E-state index contributed by atoms with van der Waals surface area (Å²) in [7, 11) is 0. The van der Waals surface area contributed by atoms with Gasteiger partial charge in [-0.25, -0.2) is 13.2 Å². The molecule has 0 aliphatic heterocycles. The monoisotopic (exact) mass is 274 g/mol. The van der Waals surface area contributed by atoms with Crippen LogP contribution in [0.5, 0.6) is 0 Å². The third-order valence-corrected chi connectivity index (χ3v) is 2.47. The van der Waals surface area contributed by atoms with E-state index >= 15 is 0 Å². The van der Waals surface area contributed by atoms with Crippen LogP contribution in [0, 0.1) is 17.5 Å². The van der Waals surface area contributed by atoms with Crippen LogP contribution in [0.1, 0.15) is 25.3 Å². The summed E-state index contributed by atoms with van der Waals surface area (Å²) in [5.41, 5.74) is 0.297. The molecular weight excluding hydrogens is 257 g/mol. The summed E-state index contributed by atoms with van der Waals surface area (Å²) in [5.74, 6) is -3.97. The Morgan fingerprint density at radius 3 is 2.37 bits per heavy atom. The van der Waals surface area contributed by atoms with Gasteiger partial charge in [-0.2, -0.15) is 0 Å². The van der Waals surface area contributed by atoms with Gasteiger partial charge in [0.15, 0.2) is 17.5 Å². The van der Waals surface area contributed by atoms with Crippen LogP contribution in [0.15, 0.2) is 12.1 Å². The molecule has 19 heavy (non-hydrogen) atoms. The number of rotatable bonds is 7. The molecule has 0 aromatic heterocycles. The third kappa shape index (κ3) is 5.30. The van der Waals surface area contributed by atoms with E-state index in [0.29, 0.717) is 18.7 Å². The Hall–Kier alpha value is -1.56. The molecule has 0 radical (unpaired) electrons. The molecule has 0 unspecified atom stereocenters. The Labute approximate surface area is 110 Å². The summed E-state index contributed by atoms with van der Waals surface area (Å²) >= 11 is 0. The number of carbonyl (C=O) groups is 1. The molecule has 3 nitrogen and oxygen atoms in total. The first-order valence-corrected chi connectivity index (χ1v) is 6.15. The van der Waals surface area contributed by atoms with Gasteiger partial charge in [0.25, 0.3) is 0 Å². The zero-order valence-corrected chi connectivity index (χ0v) is 10.7. The minimum absolute atomic E-state index is 0.0779. The Morgan fingerprint density at radius 2 is 1.79 bits per heavy atom. The smallest absolute Gasteiger partial charge is 0.221 e. The van der Waals surface area contributed by atoms with E-state index in [1.54, 1.807) is 0 Å². The van der Waals surface area contributed by atoms with Crippen LogP contribution in [0.4, 0.5) is 13.2 Å². The van der Waals surface area contributed by atoms with Crippen molar-refractivity contribution in [1.29, 1.82) is 0 Å². The van der Waals surface area contributed by atoms with E-state index in [2.05, 4.69) is 10.6 Å². The molecule has 0 aliphatic carbocycles. The lowest BCUT2D eigenvalue weighted by Crippen LogP contribution is -2.28. The molecule has 0 spiro atoms. The van der Waals surface area contributed by atoms with Crippen molar-refractivity contribution in [3.05, 3.63) is 35.1 Å². The summed E-state index contributed by atoms with van der Waals surface area (Å²) in [4.78, 5) is 11.2. The first-order chi connectivity index (χ1) is 9.04. The van der Waals surface area contributed by atoms with Crippen LogP contribution in [0.3, 0.4) is 0 Å². The van der Waals surface area contributed by atoms with Crippen LogP contribution in [-0.4, -0.2) is 19.0 Å². The maximum Gasteiger partial charge on any atom is 0.221 e. The normalized spacial score (nSPS) is 10.5. The molecule has 6 heteroatoms. The van der Waals surface area contributed by atoms with Crippen molar-refractivity contribution >= 4 is 5.91 Å². The summed E-state index contributed by atoms with van der Waals surface area (Å²) in [6.45, 7) is 3.15. The maximum absolute atomic E-state index is 12.9. The highest BCUT2D eigenvalue weighted by atomic mass is 19.2. The number of amides is 1. The van der Waals surface area contributed by atoms with E-state index in [4.69, 9.17) is 0 Å². The summed E-state index contributed by atoms with van der Waals surface area (Å²) in [6.07, 6.45) is 1.15. The highest BCUT2D eigenvalue weighted by Gasteiger charge is 2.10. The fourth-order valence-corrected chi connectivity index (χ4v) is 1.50. The van der Waals surface area contributed by atoms with E-state index < -0.39 is 17.5 Å². The molecule has 0 bridgehead atoms. The lowest BCUT2D eigenvalue weighted by atomic mass is 10.2. The SMILES string of the molecule is CCCNC(=O)CCNCc1cc(F)c(F)c(F)c1. The number of carbonyl (C=O) groups excluding carboxylic acids is 1. The Kier molecular flexibility index (Phi) is 6.35. The highest BCUT2D eigenvalue weighted by Crippen LogP contribution is 2.13. The number of benzene rings is 1. The second-order valence-electron chi connectivity index (χ2n) is 4.15. The van der Waals surface area contributed by atoms with Gasteiger partial charge in [0, 0.05) is 26.1 Å². The molecule has 106 valence electrons. The molecule has 1 amide bonds. The first-order valence-electron chi connectivity index (χ1n) is 6.15. The van der Waals surface area contributed by atoms with E-state index in [0.717, 1.165) is 18.6 Å². The van der Waals surface area contributed by atoms with Gasteiger partial charge in [-0.1, -0.05) is 6.92 Å². The molecule has 0 atom stereocenters. The van der Waals surface area contributed by atoms with Crippen molar-refractivity contribution in [2.24, 2.45) is 0 Å². The molecule has 0 saturated carbocycles. The van der Waals surface area contributed by atoms with Crippen molar-refractivity contribution < 1.29 is 18.0 Å². The molecule has 1 rings (SSSR count). The van der Waals surface area contributed by atoms with Gasteiger partial charge in [-0.15, -0.1) is 0 Å². The van der Waals surface area contributed by atoms with E-state index in [-0.39, 0.29) is 18.9 Å². The number of hydrogen-bond donors (Lipinski definition) is 2. The quantitative estimate of drug-likeness (QED) is 0.590. The lowest BCUT2D eigenvalue weighted by molar-refractivity contribution is -0.120. The van der Waals surface area contributed by atoms with Crippen molar-refractivity contribution in [2.45, 2.75) is 26.3 Å². The Bertz CT molecular complexity index is 415. The molecule has 0 fully saturated rings. The summed E-state index contributed by atoms with van der Waals surface area (Å²) < 4.78 is 38.5. The zero-order chi connectivity index (χ0) is 14.3. The Balaban J connectivity index is 2.32. The van der Waals surface area contributed by atoms with Gasteiger partial charge in [0.05, 0.1) is 0 Å². The van der Waals surface area contributed by atoms with E-state index in [1.165, 1.54) is 0 Å². The van der Waals surface area contributed by atoms with Crippen molar-refractivity contribution in [1.82, 2.24) is 10.6 Å². The molecule has 0 heterocycles. The van der Waals surface area contributed by atoms with Crippen LogP contribution in [0.2, 0.25) is 0 Å². The second kappa shape index (κ2) is 7.78. The maximum atomic E-state index is 12.9. The van der Waals surface area contributed by atoms with Gasteiger partial charge in [0.1, 0.15) is 0 Å². The fraction of sp³-hybridized carbons (Fsp3) is 0.462. The molecular formula is C13H17F3N2O. The summed E-state index contributed by atoms with van der Waals surface area (Å²) in [6, 6.07) is 1.87. The fourth-order valence-electron chi connectivity index (χ4n) is 1.50. The minimum atomic E-state index is -1.47. The highest BCUT2D eigenvalue weighted by molar-refractivity contribution is 5.75. The van der Waals surface area contributed by atoms with Gasteiger partial charge >= 0.3 is 0 Å². The van der Waals surface area contributed by atoms with Crippen molar-refractivity contribution in [2.75, 3.05) is 13.1 Å².